The maximum Gasteiger partial charge on any atom is 1.00 e. The van der Waals surface area contributed by atoms with Gasteiger partial charge in [-0.15, -0.1) is 0 Å². The van der Waals surface area contributed by atoms with Crippen LogP contribution in [0.25, 0.3) is 0 Å². The van der Waals surface area contributed by atoms with E-state index in [0.29, 0.717) is 11.4 Å². The van der Waals surface area contributed by atoms with Gasteiger partial charge in [0.2, 0.25) is 0 Å². The Hall–Kier alpha value is -2.67. The molecule has 43 heavy (non-hydrogen) atoms. The number of aryl methyl sites for hydroxylation is 2. The standard InChI is InChI=1S/2C11H14N2O5.Co.Na.5H2O/c2*1-6-9(15)8(7(5-14)3-12-6)4-13-11(2,18)10(16)17;;;;;;;/h2*3-4,14-15,18H,5H2,1-2H3,(H,16,17);;;5*1H2/q;;;+1;;;;;/b2*13-4+;;;;;;;. The molecule has 1 radical (unpaired) electrons. The van der Waals surface area contributed by atoms with E-state index in [-0.39, 0.29) is 107 Å². The third kappa shape index (κ3) is 15.6. The minimum atomic E-state index is -2.30. The first-order chi connectivity index (χ1) is 16.6. The molecule has 0 fully saturated rings. The van der Waals surface area contributed by atoms with Crippen LogP contribution in [0.1, 0.15) is 47.5 Å². The van der Waals surface area contributed by atoms with Crippen LogP contribution in [0.4, 0.5) is 0 Å². The van der Waals surface area contributed by atoms with Crippen LogP contribution in [0.5, 0.6) is 11.5 Å². The molecule has 245 valence electrons. The van der Waals surface area contributed by atoms with Gasteiger partial charge in [0.25, 0.3) is 11.4 Å². The molecule has 0 bridgehead atoms. The van der Waals surface area contributed by atoms with Crippen LogP contribution in [0.2, 0.25) is 0 Å². The SMILES string of the molecule is Cc1ncc(CO)c(/C=N/C(C)(O)C(=O)O)c1O.Cc1ncc(CO)c(/C=N/C(C)(O)C(=O)O)c1O.O.O.O.O.O.[Co].[Na+]. The maximum absolute atomic E-state index is 10.7. The summed E-state index contributed by atoms with van der Waals surface area (Å²) in [6, 6.07) is 0. The first-order valence-corrected chi connectivity index (χ1v) is 10.2. The Labute approximate surface area is 277 Å². The molecule has 2 aromatic heterocycles. The van der Waals surface area contributed by atoms with Crippen LogP contribution in [-0.4, -0.2) is 114 Å². The molecule has 0 spiro atoms. The second kappa shape index (κ2) is 23.7. The van der Waals surface area contributed by atoms with Crippen LogP contribution in [0.3, 0.4) is 0 Å². The maximum atomic E-state index is 10.7. The van der Waals surface area contributed by atoms with E-state index in [1.807, 2.05) is 0 Å². The van der Waals surface area contributed by atoms with Crippen molar-refractivity contribution < 1.29 is 124 Å². The number of carboxylic acids is 2. The molecule has 18 N–H and O–H groups in total. The number of nitrogens with zero attached hydrogens (tertiary/aromatic N) is 4. The van der Waals surface area contributed by atoms with Crippen LogP contribution in [-0.2, 0) is 39.6 Å². The molecular weight excluding hydrogens is 642 g/mol. The van der Waals surface area contributed by atoms with Crippen molar-refractivity contribution in [2.24, 2.45) is 9.98 Å². The summed E-state index contributed by atoms with van der Waals surface area (Å²) in [6.07, 6.45) is 4.69. The molecule has 2 atom stereocenters. The van der Waals surface area contributed by atoms with Crippen LogP contribution in [0, 0.1) is 13.8 Å². The second-order valence-electron chi connectivity index (χ2n) is 7.75. The molecule has 0 saturated carbocycles. The number of hydrogen-bond donors (Lipinski definition) is 8. The van der Waals surface area contributed by atoms with Crippen molar-refractivity contribution in [2.75, 3.05) is 0 Å². The Morgan fingerprint density at radius 2 is 1.00 bits per heavy atom. The van der Waals surface area contributed by atoms with Gasteiger partial charge in [-0.2, -0.15) is 0 Å². The minimum Gasteiger partial charge on any atom is -0.505 e. The number of aliphatic carboxylic acids is 2. The second-order valence-corrected chi connectivity index (χ2v) is 7.75. The molecule has 2 aromatic rings. The number of rotatable bonds is 8. The number of hydrogen-bond acceptors (Lipinski definition) is 12. The van der Waals surface area contributed by atoms with Crippen LogP contribution in [0.15, 0.2) is 22.4 Å². The number of carbonyl (C=O) groups is 2. The summed E-state index contributed by atoms with van der Waals surface area (Å²) in [5.74, 6) is -3.47. The summed E-state index contributed by atoms with van der Waals surface area (Å²) in [4.78, 5) is 35.9. The largest absolute Gasteiger partial charge is 1.00 e. The van der Waals surface area contributed by atoms with Crippen LogP contribution >= 0.6 is 0 Å². The van der Waals surface area contributed by atoms with Crippen molar-refractivity contribution in [1.29, 1.82) is 0 Å². The van der Waals surface area contributed by atoms with Gasteiger partial charge >= 0.3 is 41.5 Å². The Bertz CT molecular complexity index is 1110. The zero-order chi connectivity index (χ0) is 27.8. The molecule has 2 unspecified atom stereocenters. The van der Waals surface area contributed by atoms with Gasteiger partial charge < -0.3 is 68.2 Å². The number of carboxylic acid groups (broad SMARTS) is 2. The zero-order valence-corrected chi connectivity index (χ0v) is 26.8. The minimum absolute atomic E-state index is 0. The third-order valence-electron chi connectivity index (χ3n) is 4.76. The van der Waals surface area contributed by atoms with E-state index in [4.69, 9.17) is 20.4 Å². The fraction of sp³-hybridized carbons (Fsp3) is 0.364. The zero-order valence-electron chi connectivity index (χ0n) is 23.7. The normalized spacial score (nSPS) is 12.3. The van der Waals surface area contributed by atoms with Gasteiger partial charge in [0.1, 0.15) is 11.5 Å². The van der Waals surface area contributed by atoms with Gasteiger partial charge in [0, 0.05) is 63.9 Å². The van der Waals surface area contributed by atoms with E-state index >= 15 is 0 Å². The molecule has 0 aliphatic heterocycles. The van der Waals surface area contributed by atoms with Gasteiger partial charge in [0.05, 0.1) is 24.6 Å². The molecule has 0 aromatic carbocycles. The number of aliphatic hydroxyl groups excluding tert-OH is 2. The fourth-order valence-electron chi connectivity index (χ4n) is 2.34. The average Bonchev–Trinajstić information content (AvgIpc) is 2.81. The van der Waals surface area contributed by atoms with E-state index in [1.165, 1.54) is 12.4 Å². The molecule has 21 heteroatoms. The Morgan fingerprint density at radius 1 is 0.744 bits per heavy atom. The van der Waals surface area contributed by atoms with Crippen molar-refractivity contribution in [2.45, 2.75) is 52.4 Å². The summed E-state index contributed by atoms with van der Waals surface area (Å²) in [6.45, 7) is 4.30. The Morgan fingerprint density at radius 3 is 1.21 bits per heavy atom. The number of aliphatic hydroxyl groups is 4. The molecule has 2 rings (SSSR count). The van der Waals surface area contributed by atoms with Gasteiger partial charge in [-0.25, -0.2) is 19.6 Å². The van der Waals surface area contributed by atoms with Gasteiger partial charge in [-0.05, 0) is 27.7 Å². The van der Waals surface area contributed by atoms with Crippen molar-refractivity contribution in [3.63, 3.8) is 0 Å². The summed E-state index contributed by atoms with van der Waals surface area (Å²) in [5.41, 5.74) is -3.15. The molecular formula is C22H38CoN4NaO15+. The van der Waals surface area contributed by atoms with E-state index < -0.39 is 36.6 Å². The quantitative estimate of drug-likeness (QED) is 0.0952. The summed E-state index contributed by atoms with van der Waals surface area (Å²) in [7, 11) is 0. The molecule has 0 amide bonds. The summed E-state index contributed by atoms with van der Waals surface area (Å²) in [5, 5.41) is 73.9. The van der Waals surface area contributed by atoms with Crippen LogP contribution < -0.4 is 29.6 Å². The number of aromatic hydroxyl groups is 2. The first kappa shape index (κ1) is 56.2. The Kier molecular flexibility index (Phi) is 31.0. The molecule has 2 heterocycles. The summed E-state index contributed by atoms with van der Waals surface area (Å²) < 4.78 is 0. The fourth-order valence-corrected chi connectivity index (χ4v) is 2.34. The number of aromatic nitrogens is 2. The van der Waals surface area contributed by atoms with E-state index in [2.05, 4.69) is 20.0 Å². The summed E-state index contributed by atoms with van der Waals surface area (Å²) >= 11 is 0. The molecule has 0 saturated heterocycles. The predicted molar refractivity (Wildman–Crippen MR) is 143 cm³/mol. The van der Waals surface area contributed by atoms with Crippen molar-refractivity contribution in [1.82, 2.24) is 9.97 Å². The van der Waals surface area contributed by atoms with Crippen molar-refractivity contribution in [3.05, 3.63) is 46.0 Å². The van der Waals surface area contributed by atoms with E-state index in [0.717, 1.165) is 26.3 Å². The average molecular weight is 680 g/mol. The monoisotopic (exact) mass is 680 g/mol. The van der Waals surface area contributed by atoms with Crippen molar-refractivity contribution in [3.8, 4) is 11.5 Å². The topological polar surface area (TPSA) is 404 Å². The molecule has 0 aliphatic carbocycles. The third-order valence-corrected chi connectivity index (χ3v) is 4.76. The van der Waals surface area contributed by atoms with E-state index in [9.17, 15) is 30.0 Å². The van der Waals surface area contributed by atoms with E-state index in [1.54, 1.807) is 13.8 Å². The van der Waals surface area contributed by atoms with Crippen molar-refractivity contribution >= 4 is 24.4 Å². The smallest absolute Gasteiger partial charge is 0.505 e. The number of pyridine rings is 2. The first-order valence-electron chi connectivity index (χ1n) is 10.2. The van der Waals surface area contributed by atoms with Gasteiger partial charge in [0.15, 0.2) is 0 Å². The predicted octanol–water partition coefficient (Wildman–Crippen LogP) is -7.52. The van der Waals surface area contributed by atoms with Gasteiger partial charge in [-0.1, -0.05) is 0 Å². The molecule has 19 nitrogen and oxygen atoms in total. The Balaban J connectivity index is -0.000000104. The van der Waals surface area contributed by atoms with Gasteiger partial charge in [-0.3, -0.25) is 9.97 Å². The number of aliphatic imine (C=N–C) groups is 2. The molecule has 0 aliphatic rings.